The zero-order valence-electron chi connectivity index (χ0n) is 5.17. The molecule has 1 aliphatic carbocycles. The van der Waals surface area contributed by atoms with Gasteiger partial charge in [0.2, 0.25) is 0 Å². The molecular weight excluding hydrogens is 102 g/mol. The highest BCUT2D eigenvalue weighted by atomic mass is 16.3. The van der Waals surface area contributed by atoms with Crippen LogP contribution in [-0.4, -0.2) is 17.3 Å². The molecule has 2 heteroatoms. The van der Waals surface area contributed by atoms with Gasteiger partial charge in [-0.05, 0) is 25.7 Å². The first-order chi connectivity index (χ1) is 3.70. The van der Waals surface area contributed by atoms with Crippen LogP contribution in [0.4, 0.5) is 0 Å². The molecule has 1 atom stereocenters. The summed E-state index contributed by atoms with van der Waals surface area (Å²) in [5.74, 6) is 0.588. The average Bonchev–Trinajstić information content (AvgIpc) is 1.57. The molecule has 0 saturated heterocycles. The molecule has 0 heterocycles. The molecule has 1 saturated carbocycles. The van der Waals surface area contributed by atoms with Gasteiger partial charge in [0.05, 0.1) is 6.10 Å². The molecule has 1 rings (SSSR count). The van der Waals surface area contributed by atoms with Crippen LogP contribution < -0.4 is 5.73 Å². The molecule has 2 nitrogen and oxygen atoms in total. The zero-order valence-corrected chi connectivity index (χ0v) is 5.17. The third kappa shape index (κ3) is 1.01. The molecule has 1 aliphatic rings. The minimum Gasteiger partial charge on any atom is -0.393 e. The topological polar surface area (TPSA) is 46.2 Å². The van der Waals surface area contributed by atoms with E-state index in [2.05, 4.69) is 0 Å². The van der Waals surface area contributed by atoms with E-state index < -0.39 is 0 Å². The molecular formula is C6H13NO. The van der Waals surface area contributed by atoms with Crippen LogP contribution in [0.25, 0.3) is 0 Å². The maximum absolute atomic E-state index is 8.81. The minimum absolute atomic E-state index is 0.0500. The van der Waals surface area contributed by atoms with E-state index in [9.17, 15) is 0 Å². The lowest BCUT2D eigenvalue weighted by Crippen LogP contribution is -2.39. The van der Waals surface area contributed by atoms with Gasteiger partial charge in [0.25, 0.3) is 0 Å². The van der Waals surface area contributed by atoms with Crippen molar-refractivity contribution in [1.82, 2.24) is 0 Å². The largest absolute Gasteiger partial charge is 0.393 e. The van der Waals surface area contributed by atoms with E-state index in [-0.39, 0.29) is 12.1 Å². The minimum atomic E-state index is -0.0500. The molecule has 0 radical (unpaired) electrons. The lowest BCUT2D eigenvalue weighted by molar-refractivity contribution is 0.0337. The second kappa shape index (κ2) is 2.03. The summed E-state index contributed by atoms with van der Waals surface area (Å²) in [6.07, 6.45) is 1.78. The predicted octanol–water partition coefficient (Wildman–Crippen LogP) is 0.104. The Morgan fingerprint density at radius 2 is 2.12 bits per heavy atom. The van der Waals surface area contributed by atoms with Crippen molar-refractivity contribution in [1.29, 1.82) is 0 Å². The Morgan fingerprint density at radius 3 is 2.25 bits per heavy atom. The molecule has 0 spiro atoms. The van der Waals surface area contributed by atoms with Crippen LogP contribution in [0.5, 0.6) is 0 Å². The summed E-state index contributed by atoms with van der Waals surface area (Å²) in [5, 5.41) is 8.81. The number of hydrogen-bond donors (Lipinski definition) is 2. The third-order valence-corrected chi connectivity index (χ3v) is 1.89. The van der Waals surface area contributed by atoms with Gasteiger partial charge >= 0.3 is 0 Å². The van der Waals surface area contributed by atoms with Crippen LogP contribution in [0.15, 0.2) is 0 Å². The molecule has 0 bridgehead atoms. The van der Waals surface area contributed by atoms with Gasteiger partial charge in [-0.3, -0.25) is 0 Å². The Kier molecular flexibility index (Phi) is 1.54. The number of nitrogens with two attached hydrogens (primary N) is 1. The van der Waals surface area contributed by atoms with Gasteiger partial charge in [-0.25, -0.2) is 0 Å². The quantitative estimate of drug-likeness (QED) is 0.509. The highest BCUT2D eigenvalue weighted by Crippen LogP contribution is 2.28. The summed E-state index contributed by atoms with van der Waals surface area (Å²) in [7, 11) is 0. The summed E-state index contributed by atoms with van der Waals surface area (Å²) in [4.78, 5) is 0. The van der Waals surface area contributed by atoms with Crippen LogP contribution in [0.1, 0.15) is 19.8 Å². The van der Waals surface area contributed by atoms with Gasteiger partial charge in [-0.15, -0.1) is 0 Å². The molecule has 48 valence electrons. The molecule has 8 heavy (non-hydrogen) atoms. The molecule has 0 amide bonds. The van der Waals surface area contributed by atoms with Gasteiger partial charge in [0.15, 0.2) is 0 Å². The van der Waals surface area contributed by atoms with E-state index in [1.807, 2.05) is 6.92 Å². The lowest BCUT2D eigenvalue weighted by Gasteiger charge is -2.33. The number of aliphatic hydroxyl groups excluding tert-OH is 1. The smallest absolute Gasteiger partial charge is 0.0546 e. The summed E-state index contributed by atoms with van der Waals surface area (Å²) in [6, 6.07) is 0.276. The summed E-state index contributed by atoms with van der Waals surface area (Å²) >= 11 is 0. The van der Waals surface area contributed by atoms with Crippen molar-refractivity contribution in [3.05, 3.63) is 0 Å². The summed E-state index contributed by atoms with van der Waals surface area (Å²) in [5.41, 5.74) is 5.55. The Bertz CT molecular complexity index is 76.6. The van der Waals surface area contributed by atoms with Crippen LogP contribution in [0.2, 0.25) is 0 Å². The van der Waals surface area contributed by atoms with Crippen molar-refractivity contribution in [2.24, 2.45) is 11.7 Å². The van der Waals surface area contributed by atoms with Gasteiger partial charge < -0.3 is 10.8 Å². The zero-order chi connectivity index (χ0) is 6.15. The highest BCUT2D eigenvalue weighted by Gasteiger charge is 2.29. The van der Waals surface area contributed by atoms with Gasteiger partial charge in [-0.1, -0.05) is 0 Å². The van der Waals surface area contributed by atoms with E-state index in [0.717, 1.165) is 12.8 Å². The summed E-state index contributed by atoms with van der Waals surface area (Å²) < 4.78 is 0. The van der Waals surface area contributed by atoms with Gasteiger partial charge in [-0.2, -0.15) is 0 Å². The van der Waals surface area contributed by atoms with Crippen LogP contribution in [-0.2, 0) is 0 Å². The Labute approximate surface area is 49.7 Å². The average molecular weight is 115 g/mol. The second-order valence-electron chi connectivity index (χ2n) is 2.74. The van der Waals surface area contributed by atoms with E-state index >= 15 is 0 Å². The molecule has 0 aromatic carbocycles. The Hall–Kier alpha value is -0.0800. The van der Waals surface area contributed by atoms with Crippen molar-refractivity contribution in [2.75, 3.05) is 0 Å². The third-order valence-electron chi connectivity index (χ3n) is 1.89. The first-order valence-corrected chi connectivity index (χ1v) is 3.14. The highest BCUT2D eigenvalue weighted by molar-refractivity contribution is 4.83. The number of hydrogen-bond acceptors (Lipinski definition) is 2. The first kappa shape index (κ1) is 6.05. The molecule has 0 unspecified atom stereocenters. The van der Waals surface area contributed by atoms with E-state index in [1.54, 1.807) is 0 Å². The Balaban J connectivity index is 2.15. The van der Waals surface area contributed by atoms with Gasteiger partial charge in [0.1, 0.15) is 0 Å². The lowest BCUT2D eigenvalue weighted by atomic mass is 9.78. The van der Waals surface area contributed by atoms with Crippen molar-refractivity contribution < 1.29 is 5.11 Å². The van der Waals surface area contributed by atoms with Crippen LogP contribution >= 0.6 is 0 Å². The second-order valence-corrected chi connectivity index (χ2v) is 2.74. The maximum Gasteiger partial charge on any atom is 0.0546 e. The normalized spacial score (nSPS) is 40.9. The monoisotopic (exact) mass is 115 g/mol. The first-order valence-electron chi connectivity index (χ1n) is 3.14. The molecule has 0 aromatic heterocycles. The van der Waals surface area contributed by atoms with Gasteiger partial charge in [0, 0.05) is 6.04 Å². The van der Waals surface area contributed by atoms with Crippen molar-refractivity contribution in [3.63, 3.8) is 0 Å². The predicted molar refractivity (Wildman–Crippen MR) is 32.4 cm³/mol. The van der Waals surface area contributed by atoms with E-state index in [0.29, 0.717) is 5.92 Å². The van der Waals surface area contributed by atoms with Crippen molar-refractivity contribution in [3.8, 4) is 0 Å². The SMILES string of the molecule is C[C@@H](N)C1CC(O)C1. The van der Waals surface area contributed by atoms with E-state index in [1.165, 1.54) is 0 Å². The van der Waals surface area contributed by atoms with Crippen LogP contribution in [0.3, 0.4) is 0 Å². The maximum atomic E-state index is 8.81. The fraction of sp³-hybridized carbons (Fsp3) is 1.00. The molecule has 3 N–H and O–H groups in total. The fourth-order valence-electron chi connectivity index (χ4n) is 1.06. The Morgan fingerprint density at radius 1 is 1.62 bits per heavy atom. The number of rotatable bonds is 1. The molecule has 0 aliphatic heterocycles. The van der Waals surface area contributed by atoms with Crippen molar-refractivity contribution >= 4 is 0 Å². The fourth-order valence-corrected chi connectivity index (χ4v) is 1.06. The van der Waals surface area contributed by atoms with Crippen LogP contribution in [0, 0.1) is 5.92 Å². The molecule has 1 fully saturated rings. The summed E-state index contributed by atoms with van der Waals surface area (Å²) in [6.45, 7) is 2.00. The standard InChI is InChI=1S/C6H13NO/c1-4(7)5-2-6(8)3-5/h4-6,8H,2-3,7H2,1H3/t4-,5?,6?/m1/s1. The number of aliphatic hydroxyl groups is 1. The molecule has 0 aromatic rings. The van der Waals surface area contributed by atoms with Crippen molar-refractivity contribution in [2.45, 2.75) is 31.9 Å². The van der Waals surface area contributed by atoms with E-state index in [4.69, 9.17) is 10.8 Å².